The second-order valence-electron chi connectivity index (χ2n) is 7.46. The molecule has 1 N–H and O–H groups in total. The Morgan fingerprint density at radius 3 is 1.46 bits per heavy atom. The van der Waals surface area contributed by atoms with Gasteiger partial charge in [0.1, 0.15) is 0 Å². The van der Waals surface area contributed by atoms with E-state index in [1.807, 2.05) is 0 Å². The number of hydrogen-bond acceptors (Lipinski definition) is 4. The van der Waals surface area contributed by atoms with E-state index in [0.717, 1.165) is 64.2 Å². The third-order valence-corrected chi connectivity index (χ3v) is 6.28. The first-order valence-electron chi connectivity index (χ1n) is 10.5. The molecule has 26 heavy (non-hydrogen) atoms. The van der Waals surface area contributed by atoms with Gasteiger partial charge in [-0.05, 0) is 25.7 Å². The van der Waals surface area contributed by atoms with Gasteiger partial charge in [-0.1, -0.05) is 90.9 Å². The molecule has 0 rings (SSSR count). The van der Waals surface area contributed by atoms with Crippen LogP contribution in [0.4, 0.5) is 0 Å². The van der Waals surface area contributed by atoms with E-state index in [1.54, 1.807) is 0 Å². The number of aliphatic hydroxyl groups is 1. The molecule has 0 aromatic carbocycles. The van der Waals surface area contributed by atoms with Crippen molar-refractivity contribution in [3.05, 3.63) is 0 Å². The van der Waals surface area contributed by atoms with E-state index in [0.29, 0.717) is 12.8 Å². The molecule has 0 amide bonds. The van der Waals surface area contributed by atoms with Crippen LogP contribution in [0.2, 0.25) is 0 Å². The van der Waals surface area contributed by atoms with Crippen molar-refractivity contribution in [2.45, 2.75) is 128 Å². The Kier molecular flexibility index (Phi) is 21.5. The molecule has 0 fully saturated rings. The largest absolute Gasteiger partial charge is 1.00 e. The van der Waals surface area contributed by atoms with E-state index < -0.39 is 15.4 Å². The van der Waals surface area contributed by atoms with E-state index >= 15 is 0 Å². The molecule has 6 heteroatoms. The fourth-order valence-electron chi connectivity index (χ4n) is 3.29. The molecule has 2 unspecified atom stereocenters. The van der Waals surface area contributed by atoms with Gasteiger partial charge < -0.3 is 9.66 Å². The third kappa shape index (κ3) is 18.2. The molecule has 0 aliphatic heterocycles. The summed E-state index contributed by atoms with van der Waals surface area (Å²) in [5, 5.41) is 9.25. The van der Waals surface area contributed by atoms with Crippen LogP contribution in [0.1, 0.15) is 117 Å². The van der Waals surface area contributed by atoms with Crippen molar-refractivity contribution in [3.8, 4) is 0 Å². The Bertz CT molecular complexity index is 387. The van der Waals surface area contributed by atoms with Crippen LogP contribution in [0.5, 0.6) is 0 Å². The molecule has 0 aromatic heterocycles. The van der Waals surface area contributed by atoms with Crippen molar-refractivity contribution in [1.82, 2.24) is 0 Å². The number of rotatable bonds is 18. The average molecular weight is 401 g/mol. The Morgan fingerprint density at radius 1 is 0.692 bits per heavy atom. The molecule has 0 radical (unpaired) electrons. The van der Waals surface area contributed by atoms with Crippen LogP contribution in [-0.2, 0) is 10.1 Å². The summed E-state index contributed by atoms with van der Waals surface area (Å²) in [6.45, 7) is 4.31. The average Bonchev–Trinajstić information content (AvgIpc) is 2.55. The maximum atomic E-state index is 11.4. The van der Waals surface area contributed by atoms with Crippen LogP contribution in [0.15, 0.2) is 0 Å². The van der Waals surface area contributed by atoms with Crippen LogP contribution in [0, 0.1) is 0 Å². The van der Waals surface area contributed by atoms with Crippen molar-refractivity contribution in [1.29, 1.82) is 0 Å². The molecular formula is C20H41NaO4S. The van der Waals surface area contributed by atoms with Gasteiger partial charge in [0, 0.05) is 5.25 Å². The van der Waals surface area contributed by atoms with Crippen molar-refractivity contribution in [2.75, 3.05) is 0 Å². The van der Waals surface area contributed by atoms with Crippen molar-refractivity contribution < 1.29 is 47.6 Å². The maximum Gasteiger partial charge on any atom is 1.00 e. The molecule has 2 atom stereocenters. The minimum Gasteiger partial charge on any atom is -0.748 e. The second-order valence-corrected chi connectivity index (χ2v) is 9.11. The first-order valence-corrected chi connectivity index (χ1v) is 12.0. The summed E-state index contributed by atoms with van der Waals surface area (Å²) in [5.41, 5.74) is 0. The zero-order chi connectivity index (χ0) is 19.0. The maximum absolute atomic E-state index is 11.4. The summed E-state index contributed by atoms with van der Waals surface area (Å²) in [5.74, 6) is 0. The first-order chi connectivity index (χ1) is 11.9. The van der Waals surface area contributed by atoms with E-state index in [2.05, 4.69) is 13.8 Å². The van der Waals surface area contributed by atoms with Gasteiger partial charge in [-0.15, -0.1) is 0 Å². The summed E-state index contributed by atoms with van der Waals surface area (Å²) in [7, 11) is -4.17. The Hall–Kier alpha value is 0.870. The normalized spacial score (nSPS) is 14.0. The van der Waals surface area contributed by atoms with Crippen LogP contribution in [0.3, 0.4) is 0 Å². The van der Waals surface area contributed by atoms with Gasteiger partial charge in [0.25, 0.3) is 0 Å². The molecule has 0 aromatic rings. The molecule has 0 saturated carbocycles. The molecule has 0 spiro atoms. The first kappa shape index (κ1) is 29.1. The van der Waals surface area contributed by atoms with Gasteiger partial charge in [-0.25, -0.2) is 8.42 Å². The summed E-state index contributed by atoms with van der Waals surface area (Å²) >= 11 is 0. The number of aliphatic hydroxyl groups excluding tert-OH is 1. The minimum absolute atomic E-state index is 0. The van der Waals surface area contributed by atoms with Gasteiger partial charge >= 0.3 is 29.6 Å². The van der Waals surface area contributed by atoms with E-state index in [4.69, 9.17) is 0 Å². The number of unbranched alkanes of at least 4 members (excludes halogenated alkanes) is 9. The van der Waals surface area contributed by atoms with Gasteiger partial charge in [0.05, 0.1) is 16.2 Å². The SMILES string of the molecule is CCCCCCCC(O)CCCCCC(CCCCCC)S(=O)(=O)[O-].[Na+]. The Balaban J connectivity index is 0. The smallest absolute Gasteiger partial charge is 0.748 e. The van der Waals surface area contributed by atoms with Gasteiger partial charge in [-0.2, -0.15) is 0 Å². The van der Waals surface area contributed by atoms with Gasteiger partial charge in [-0.3, -0.25) is 0 Å². The fourth-order valence-corrected chi connectivity index (χ4v) is 4.20. The molecule has 0 saturated heterocycles. The molecule has 0 bridgehead atoms. The standard InChI is InChI=1S/C20H42O4S.Na/c1-3-5-7-9-11-15-19(21)16-12-10-14-18-20(25(22,23)24)17-13-8-6-4-2;/h19-21H,3-18H2,1-2H3,(H,22,23,24);/q;+1/p-1. The Labute approximate surface area is 185 Å². The van der Waals surface area contributed by atoms with Crippen LogP contribution < -0.4 is 29.6 Å². The number of hydrogen-bond donors (Lipinski definition) is 1. The topological polar surface area (TPSA) is 77.4 Å². The van der Waals surface area contributed by atoms with Crippen molar-refractivity contribution in [2.24, 2.45) is 0 Å². The Morgan fingerprint density at radius 2 is 1.04 bits per heavy atom. The molecule has 152 valence electrons. The van der Waals surface area contributed by atoms with Crippen molar-refractivity contribution in [3.63, 3.8) is 0 Å². The van der Waals surface area contributed by atoms with Crippen LogP contribution in [-0.4, -0.2) is 29.4 Å². The van der Waals surface area contributed by atoms with Crippen LogP contribution >= 0.6 is 0 Å². The summed E-state index contributed by atoms with van der Waals surface area (Å²) in [6, 6.07) is 0. The predicted octanol–water partition coefficient (Wildman–Crippen LogP) is 2.55. The molecule has 0 aliphatic rings. The second kappa shape index (κ2) is 19.2. The van der Waals surface area contributed by atoms with Crippen LogP contribution in [0.25, 0.3) is 0 Å². The van der Waals surface area contributed by atoms with E-state index in [-0.39, 0.29) is 35.7 Å². The van der Waals surface area contributed by atoms with E-state index in [1.165, 1.54) is 25.7 Å². The third-order valence-electron chi connectivity index (χ3n) is 4.99. The predicted molar refractivity (Wildman–Crippen MR) is 105 cm³/mol. The monoisotopic (exact) mass is 400 g/mol. The summed E-state index contributed by atoms with van der Waals surface area (Å²) in [4.78, 5) is 0. The zero-order valence-electron chi connectivity index (χ0n) is 17.5. The molecule has 0 aliphatic carbocycles. The summed E-state index contributed by atoms with van der Waals surface area (Å²) < 4.78 is 34.1. The molecule has 0 heterocycles. The quantitative estimate of drug-likeness (QED) is 0.218. The molecule has 4 nitrogen and oxygen atoms in total. The van der Waals surface area contributed by atoms with Crippen molar-refractivity contribution >= 4 is 10.1 Å². The van der Waals surface area contributed by atoms with Gasteiger partial charge in [0.15, 0.2) is 0 Å². The summed E-state index contributed by atoms with van der Waals surface area (Å²) in [6.07, 6.45) is 15.1. The zero-order valence-corrected chi connectivity index (χ0v) is 20.4. The van der Waals surface area contributed by atoms with Gasteiger partial charge in [0.2, 0.25) is 0 Å². The minimum atomic E-state index is -4.17. The molecular weight excluding hydrogens is 359 g/mol. The van der Waals surface area contributed by atoms with E-state index in [9.17, 15) is 18.1 Å². The fraction of sp³-hybridized carbons (Fsp3) is 1.00.